The van der Waals surface area contributed by atoms with E-state index in [9.17, 15) is 0 Å². The quantitative estimate of drug-likeness (QED) is 0.567. The van der Waals surface area contributed by atoms with Crippen molar-refractivity contribution in [3.8, 4) is 0 Å². The normalized spacial score (nSPS) is 34.5. The van der Waals surface area contributed by atoms with Crippen LogP contribution in [-0.2, 0) is 0 Å². The molecule has 0 heteroatoms. The van der Waals surface area contributed by atoms with Gasteiger partial charge in [0.25, 0.3) is 0 Å². The number of hydrogen-bond donors (Lipinski definition) is 0. The predicted octanol–water partition coefficient (Wildman–Crippen LogP) is 5.05. The highest BCUT2D eigenvalue weighted by Crippen LogP contribution is 2.38. The zero-order valence-corrected chi connectivity index (χ0v) is 11.0. The van der Waals surface area contributed by atoms with Crippen molar-refractivity contribution in [2.24, 2.45) is 23.7 Å². The van der Waals surface area contributed by atoms with E-state index in [0.29, 0.717) is 0 Å². The second-order valence-electron chi connectivity index (χ2n) is 5.59. The lowest BCUT2D eigenvalue weighted by Gasteiger charge is -2.35. The summed E-state index contributed by atoms with van der Waals surface area (Å²) in [7, 11) is 0. The summed E-state index contributed by atoms with van der Waals surface area (Å²) in [6, 6.07) is 0. The third kappa shape index (κ3) is 4.01. The van der Waals surface area contributed by atoms with Crippen LogP contribution in [0.5, 0.6) is 0 Å². The van der Waals surface area contributed by atoms with Gasteiger partial charge in [-0.1, -0.05) is 39.8 Å². The molecule has 0 saturated heterocycles. The van der Waals surface area contributed by atoms with Crippen molar-refractivity contribution in [1.29, 1.82) is 0 Å². The summed E-state index contributed by atoms with van der Waals surface area (Å²) in [4.78, 5) is 0. The fourth-order valence-electron chi connectivity index (χ4n) is 3.30. The predicted molar refractivity (Wildman–Crippen MR) is 68.9 cm³/mol. The van der Waals surface area contributed by atoms with Crippen LogP contribution in [0.3, 0.4) is 0 Å². The minimum Gasteiger partial charge on any atom is -0.0885 e. The molecule has 1 aliphatic carbocycles. The summed E-state index contributed by atoms with van der Waals surface area (Å²) in [6.45, 7) is 9.43. The molecule has 0 aromatic heterocycles. The second-order valence-corrected chi connectivity index (χ2v) is 5.59. The van der Waals surface area contributed by atoms with Gasteiger partial charge in [0, 0.05) is 0 Å². The van der Waals surface area contributed by atoms with Gasteiger partial charge in [-0.25, -0.2) is 0 Å². The molecule has 88 valence electrons. The molecule has 1 aliphatic rings. The first-order valence-electron chi connectivity index (χ1n) is 6.83. The molecule has 0 amide bonds. The van der Waals surface area contributed by atoms with Crippen molar-refractivity contribution in [3.05, 3.63) is 12.2 Å². The molecule has 0 radical (unpaired) electrons. The van der Waals surface area contributed by atoms with Gasteiger partial charge in [-0.05, 0) is 55.8 Å². The number of hydrogen-bond acceptors (Lipinski definition) is 0. The Hall–Kier alpha value is -0.260. The smallest absolute Gasteiger partial charge is 0.0208 e. The molecule has 0 N–H and O–H groups in total. The van der Waals surface area contributed by atoms with Crippen LogP contribution in [0.4, 0.5) is 0 Å². The molecule has 0 nitrogen and oxygen atoms in total. The zero-order valence-electron chi connectivity index (χ0n) is 11.0. The third-order valence-corrected chi connectivity index (χ3v) is 3.91. The lowest BCUT2D eigenvalue weighted by Crippen LogP contribution is -2.24. The molecule has 3 atom stereocenters. The van der Waals surface area contributed by atoms with Gasteiger partial charge in [-0.2, -0.15) is 0 Å². The Balaban J connectivity index is 2.54. The molecule has 0 spiro atoms. The van der Waals surface area contributed by atoms with E-state index in [1.165, 1.54) is 32.1 Å². The molecular weight excluding hydrogens is 180 g/mol. The highest BCUT2D eigenvalue weighted by Gasteiger charge is 2.27. The molecule has 0 aromatic carbocycles. The molecule has 1 fully saturated rings. The van der Waals surface area contributed by atoms with Gasteiger partial charge in [-0.3, -0.25) is 0 Å². The van der Waals surface area contributed by atoms with Gasteiger partial charge in [-0.15, -0.1) is 0 Å². The van der Waals surface area contributed by atoms with E-state index in [-0.39, 0.29) is 0 Å². The van der Waals surface area contributed by atoms with Crippen LogP contribution >= 0.6 is 0 Å². The van der Waals surface area contributed by atoms with Crippen molar-refractivity contribution >= 4 is 0 Å². The van der Waals surface area contributed by atoms with Gasteiger partial charge in [0.1, 0.15) is 0 Å². The summed E-state index contributed by atoms with van der Waals surface area (Å²) in [5.41, 5.74) is 0. The molecule has 0 aromatic rings. The van der Waals surface area contributed by atoms with E-state index in [1.807, 2.05) is 0 Å². The Labute approximate surface area is 96.2 Å². The maximum Gasteiger partial charge on any atom is -0.0208 e. The highest BCUT2D eigenvalue weighted by atomic mass is 14.3. The van der Waals surface area contributed by atoms with E-state index >= 15 is 0 Å². The van der Waals surface area contributed by atoms with Crippen LogP contribution in [0.2, 0.25) is 0 Å². The molecule has 0 aliphatic heterocycles. The first kappa shape index (κ1) is 12.8. The molecule has 1 saturated carbocycles. The van der Waals surface area contributed by atoms with E-state index in [4.69, 9.17) is 0 Å². The average Bonchev–Trinajstić information content (AvgIpc) is 2.17. The topological polar surface area (TPSA) is 0 Å². The summed E-state index contributed by atoms with van der Waals surface area (Å²) in [5.74, 6) is 3.69. The highest BCUT2D eigenvalue weighted by molar-refractivity contribution is 4.92. The van der Waals surface area contributed by atoms with Crippen LogP contribution in [0.25, 0.3) is 0 Å². The van der Waals surface area contributed by atoms with Crippen LogP contribution < -0.4 is 0 Å². The maximum absolute atomic E-state index is 2.48. The summed E-state index contributed by atoms with van der Waals surface area (Å²) in [6.07, 6.45) is 11.7. The molecule has 15 heavy (non-hydrogen) atoms. The molecule has 3 unspecified atom stereocenters. The molecule has 0 heterocycles. The van der Waals surface area contributed by atoms with E-state index in [1.54, 1.807) is 0 Å². The van der Waals surface area contributed by atoms with Crippen molar-refractivity contribution in [2.75, 3.05) is 0 Å². The van der Waals surface area contributed by atoms with Crippen molar-refractivity contribution < 1.29 is 0 Å². The van der Waals surface area contributed by atoms with E-state index < -0.39 is 0 Å². The zero-order chi connectivity index (χ0) is 11.3. The van der Waals surface area contributed by atoms with Crippen LogP contribution in [0.1, 0.15) is 59.8 Å². The molecule has 1 rings (SSSR count). The van der Waals surface area contributed by atoms with Crippen molar-refractivity contribution in [2.45, 2.75) is 59.8 Å². The Morgan fingerprint density at radius 3 is 2.13 bits per heavy atom. The van der Waals surface area contributed by atoms with Gasteiger partial charge >= 0.3 is 0 Å². The Morgan fingerprint density at radius 1 is 1.07 bits per heavy atom. The largest absolute Gasteiger partial charge is 0.0885 e. The maximum atomic E-state index is 2.48. The lowest BCUT2D eigenvalue weighted by atomic mass is 9.71. The Bertz CT molecular complexity index is 182. The SMILES string of the molecule is CC/C=C\C(CC)C1CC(C)CC(C)C1. The van der Waals surface area contributed by atoms with Gasteiger partial charge in [0.15, 0.2) is 0 Å². The van der Waals surface area contributed by atoms with Crippen LogP contribution in [-0.4, -0.2) is 0 Å². The van der Waals surface area contributed by atoms with E-state index in [2.05, 4.69) is 39.8 Å². The fraction of sp³-hybridized carbons (Fsp3) is 0.867. The van der Waals surface area contributed by atoms with Gasteiger partial charge in [0.2, 0.25) is 0 Å². The standard InChI is InChI=1S/C15H28/c1-5-7-8-14(6-2)15-10-12(3)9-13(4)11-15/h7-8,12-15H,5-6,9-11H2,1-4H3/b8-7-. The van der Waals surface area contributed by atoms with Crippen molar-refractivity contribution in [1.82, 2.24) is 0 Å². The van der Waals surface area contributed by atoms with Crippen LogP contribution in [0.15, 0.2) is 12.2 Å². The minimum atomic E-state index is 0.843. The first-order valence-corrected chi connectivity index (χ1v) is 6.83. The van der Waals surface area contributed by atoms with Gasteiger partial charge in [0.05, 0.1) is 0 Å². The summed E-state index contributed by atoms with van der Waals surface area (Å²) >= 11 is 0. The third-order valence-electron chi connectivity index (χ3n) is 3.91. The Kier molecular flexibility index (Phi) is 5.42. The van der Waals surface area contributed by atoms with Gasteiger partial charge < -0.3 is 0 Å². The second kappa shape index (κ2) is 6.35. The van der Waals surface area contributed by atoms with Crippen molar-refractivity contribution in [3.63, 3.8) is 0 Å². The van der Waals surface area contributed by atoms with Crippen LogP contribution in [0, 0.1) is 23.7 Å². The Morgan fingerprint density at radius 2 is 1.67 bits per heavy atom. The number of allylic oxidation sites excluding steroid dienone is 2. The number of rotatable bonds is 4. The fourth-order valence-corrected chi connectivity index (χ4v) is 3.30. The first-order chi connectivity index (χ1) is 7.17. The lowest BCUT2D eigenvalue weighted by molar-refractivity contribution is 0.178. The monoisotopic (exact) mass is 208 g/mol. The minimum absolute atomic E-state index is 0.843. The molecular formula is C15H28. The summed E-state index contributed by atoms with van der Waals surface area (Å²) in [5, 5.41) is 0. The molecule has 0 bridgehead atoms. The van der Waals surface area contributed by atoms with E-state index in [0.717, 1.165) is 23.7 Å². The summed E-state index contributed by atoms with van der Waals surface area (Å²) < 4.78 is 0. The average molecular weight is 208 g/mol.